The number of rotatable bonds is 4. The first kappa shape index (κ1) is 12.8. The lowest BCUT2D eigenvalue weighted by Crippen LogP contribution is -2.20. The monoisotopic (exact) mass is 253 g/mol. The van der Waals surface area contributed by atoms with Crippen LogP contribution in [0.15, 0.2) is 54.9 Å². The number of nitrogens with one attached hydrogen (secondary N) is 1. The molecule has 19 heavy (non-hydrogen) atoms. The van der Waals surface area contributed by atoms with Gasteiger partial charge < -0.3 is 11.1 Å². The van der Waals surface area contributed by atoms with E-state index in [4.69, 9.17) is 5.73 Å². The average molecular weight is 253 g/mol. The summed E-state index contributed by atoms with van der Waals surface area (Å²) in [6.45, 7) is 0.483. The Hall–Kier alpha value is -2.62. The van der Waals surface area contributed by atoms with Gasteiger partial charge in [-0.2, -0.15) is 0 Å². The molecule has 1 amide bonds. The molecule has 3 N–H and O–H groups in total. The van der Waals surface area contributed by atoms with Gasteiger partial charge in [-0.05, 0) is 35.4 Å². The van der Waals surface area contributed by atoms with E-state index in [2.05, 4.69) is 10.3 Å². The van der Waals surface area contributed by atoms with Crippen molar-refractivity contribution in [2.75, 3.05) is 5.73 Å². The summed E-state index contributed by atoms with van der Waals surface area (Å²) in [5.41, 5.74) is 8.21. The molecule has 4 nitrogen and oxygen atoms in total. The molecule has 0 radical (unpaired) electrons. The Morgan fingerprint density at radius 1 is 1.26 bits per heavy atom. The van der Waals surface area contributed by atoms with E-state index in [0.29, 0.717) is 12.2 Å². The second kappa shape index (κ2) is 6.35. The van der Waals surface area contributed by atoms with E-state index in [9.17, 15) is 4.79 Å². The highest BCUT2D eigenvalue weighted by atomic mass is 16.1. The van der Waals surface area contributed by atoms with Crippen molar-refractivity contribution in [3.63, 3.8) is 0 Å². The Labute approximate surface area is 112 Å². The highest BCUT2D eigenvalue weighted by Gasteiger charge is 1.96. The molecule has 96 valence electrons. The van der Waals surface area contributed by atoms with Crippen molar-refractivity contribution in [1.82, 2.24) is 10.3 Å². The lowest BCUT2D eigenvalue weighted by atomic mass is 10.2. The van der Waals surface area contributed by atoms with E-state index in [0.717, 1.165) is 11.1 Å². The van der Waals surface area contributed by atoms with Gasteiger partial charge in [-0.15, -0.1) is 0 Å². The molecule has 0 atom stereocenters. The maximum atomic E-state index is 11.6. The van der Waals surface area contributed by atoms with E-state index in [-0.39, 0.29) is 5.91 Å². The Morgan fingerprint density at radius 3 is 2.74 bits per heavy atom. The van der Waals surface area contributed by atoms with Crippen molar-refractivity contribution >= 4 is 17.7 Å². The van der Waals surface area contributed by atoms with Crippen molar-refractivity contribution in [2.45, 2.75) is 6.54 Å². The van der Waals surface area contributed by atoms with Gasteiger partial charge in [0.25, 0.3) is 0 Å². The average Bonchev–Trinajstić information content (AvgIpc) is 2.45. The van der Waals surface area contributed by atoms with Gasteiger partial charge in [-0.25, -0.2) is 0 Å². The van der Waals surface area contributed by atoms with E-state index in [1.807, 2.05) is 36.4 Å². The molecule has 2 rings (SSSR count). The number of aromatic nitrogens is 1. The Kier molecular flexibility index (Phi) is 4.29. The second-order valence-corrected chi connectivity index (χ2v) is 4.08. The van der Waals surface area contributed by atoms with Crippen LogP contribution in [-0.2, 0) is 11.3 Å². The Balaban J connectivity index is 1.85. The molecule has 0 bridgehead atoms. The third-order valence-corrected chi connectivity index (χ3v) is 2.56. The number of nitrogens with two attached hydrogens (primary N) is 1. The van der Waals surface area contributed by atoms with Gasteiger partial charge in [0, 0.05) is 30.7 Å². The first-order valence-corrected chi connectivity index (χ1v) is 5.94. The molecule has 4 heteroatoms. The van der Waals surface area contributed by atoms with Gasteiger partial charge in [0.2, 0.25) is 5.91 Å². The molecule has 0 saturated carbocycles. The van der Waals surface area contributed by atoms with Crippen LogP contribution < -0.4 is 11.1 Å². The summed E-state index contributed by atoms with van der Waals surface area (Å²) in [7, 11) is 0. The first-order valence-electron chi connectivity index (χ1n) is 5.94. The normalized spacial score (nSPS) is 10.5. The standard InChI is InChI=1S/C15H15N3O/c16-14-6-3-13(4-7-14)11-18-15(19)8-5-12-2-1-9-17-10-12/h1-10H,11,16H2,(H,18,19)/b8-5+. The predicted molar refractivity (Wildman–Crippen MR) is 76.0 cm³/mol. The summed E-state index contributed by atoms with van der Waals surface area (Å²) in [4.78, 5) is 15.6. The number of pyridine rings is 1. The molecule has 1 heterocycles. The zero-order chi connectivity index (χ0) is 13.5. The van der Waals surface area contributed by atoms with Crippen molar-refractivity contribution in [1.29, 1.82) is 0 Å². The summed E-state index contributed by atoms with van der Waals surface area (Å²) in [6, 6.07) is 11.1. The summed E-state index contributed by atoms with van der Waals surface area (Å²) in [5, 5.41) is 2.80. The molecule has 0 aliphatic carbocycles. The van der Waals surface area contributed by atoms with Crippen LogP contribution in [0.1, 0.15) is 11.1 Å². The Morgan fingerprint density at radius 2 is 2.05 bits per heavy atom. The Bertz CT molecular complexity index is 562. The van der Waals surface area contributed by atoms with Gasteiger partial charge in [0.05, 0.1) is 0 Å². The molecular formula is C15H15N3O. The number of benzene rings is 1. The quantitative estimate of drug-likeness (QED) is 0.647. The van der Waals surface area contributed by atoms with E-state index >= 15 is 0 Å². The van der Waals surface area contributed by atoms with Crippen molar-refractivity contribution < 1.29 is 4.79 Å². The smallest absolute Gasteiger partial charge is 0.244 e. The number of carbonyl (C=O) groups excluding carboxylic acids is 1. The number of hydrogen-bond donors (Lipinski definition) is 2. The van der Waals surface area contributed by atoms with Gasteiger partial charge in [-0.1, -0.05) is 18.2 Å². The SMILES string of the molecule is Nc1ccc(CNC(=O)/C=C/c2cccnc2)cc1. The zero-order valence-electron chi connectivity index (χ0n) is 10.4. The van der Waals surface area contributed by atoms with Gasteiger partial charge >= 0.3 is 0 Å². The highest BCUT2D eigenvalue weighted by Crippen LogP contribution is 2.05. The topological polar surface area (TPSA) is 68.0 Å². The van der Waals surface area contributed by atoms with Crippen LogP contribution in [0.5, 0.6) is 0 Å². The van der Waals surface area contributed by atoms with E-state index < -0.39 is 0 Å². The predicted octanol–water partition coefficient (Wildman–Crippen LogP) is 1.99. The molecule has 0 unspecified atom stereocenters. The minimum atomic E-state index is -0.138. The zero-order valence-corrected chi connectivity index (χ0v) is 10.4. The second-order valence-electron chi connectivity index (χ2n) is 4.08. The van der Waals surface area contributed by atoms with Crippen LogP contribution in [0.25, 0.3) is 6.08 Å². The number of anilines is 1. The molecule has 2 aromatic rings. The first-order chi connectivity index (χ1) is 9.24. The van der Waals surface area contributed by atoms with Gasteiger partial charge in [0.1, 0.15) is 0 Å². The minimum Gasteiger partial charge on any atom is -0.399 e. The van der Waals surface area contributed by atoms with Crippen LogP contribution >= 0.6 is 0 Å². The molecule has 0 fully saturated rings. The third-order valence-electron chi connectivity index (χ3n) is 2.56. The highest BCUT2D eigenvalue weighted by molar-refractivity contribution is 5.91. The third kappa shape index (κ3) is 4.27. The van der Waals surface area contributed by atoms with Crippen molar-refractivity contribution in [2.24, 2.45) is 0 Å². The minimum absolute atomic E-state index is 0.138. The number of nitrogen functional groups attached to an aromatic ring is 1. The summed E-state index contributed by atoms with van der Waals surface area (Å²) in [6.07, 6.45) is 6.61. The molecule has 0 aliphatic rings. The number of amides is 1. The lowest BCUT2D eigenvalue weighted by Gasteiger charge is -2.02. The van der Waals surface area contributed by atoms with Crippen LogP contribution in [0.2, 0.25) is 0 Å². The molecular weight excluding hydrogens is 238 g/mol. The number of nitrogens with zero attached hydrogens (tertiary/aromatic N) is 1. The molecule has 1 aromatic heterocycles. The largest absolute Gasteiger partial charge is 0.399 e. The van der Waals surface area contributed by atoms with Crippen LogP contribution in [-0.4, -0.2) is 10.9 Å². The van der Waals surface area contributed by atoms with Gasteiger partial charge in [0.15, 0.2) is 0 Å². The fourth-order valence-corrected chi connectivity index (χ4v) is 1.53. The van der Waals surface area contributed by atoms with E-state index in [1.54, 1.807) is 18.5 Å². The summed E-state index contributed by atoms with van der Waals surface area (Å²) < 4.78 is 0. The van der Waals surface area contributed by atoms with Crippen molar-refractivity contribution in [3.05, 3.63) is 66.0 Å². The van der Waals surface area contributed by atoms with Crippen LogP contribution in [0.4, 0.5) is 5.69 Å². The molecule has 0 spiro atoms. The summed E-state index contributed by atoms with van der Waals surface area (Å²) in [5.74, 6) is -0.138. The molecule has 1 aromatic carbocycles. The molecule has 0 saturated heterocycles. The lowest BCUT2D eigenvalue weighted by molar-refractivity contribution is -0.116. The fourth-order valence-electron chi connectivity index (χ4n) is 1.53. The van der Waals surface area contributed by atoms with Gasteiger partial charge in [-0.3, -0.25) is 9.78 Å². The molecule has 0 aliphatic heterocycles. The van der Waals surface area contributed by atoms with E-state index in [1.165, 1.54) is 6.08 Å². The number of hydrogen-bond acceptors (Lipinski definition) is 3. The number of carbonyl (C=O) groups is 1. The van der Waals surface area contributed by atoms with Crippen LogP contribution in [0, 0.1) is 0 Å². The maximum absolute atomic E-state index is 11.6. The maximum Gasteiger partial charge on any atom is 0.244 e. The van der Waals surface area contributed by atoms with Crippen LogP contribution in [0.3, 0.4) is 0 Å². The summed E-state index contributed by atoms with van der Waals surface area (Å²) >= 11 is 0. The fraction of sp³-hybridized carbons (Fsp3) is 0.0667. The van der Waals surface area contributed by atoms with Crippen molar-refractivity contribution in [3.8, 4) is 0 Å².